The second-order valence-corrected chi connectivity index (χ2v) is 6.72. The monoisotopic (exact) mass is 374 g/mol. The first kappa shape index (κ1) is 16.6. The van der Waals surface area contributed by atoms with Crippen molar-refractivity contribution in [2.45, 2.75) is 12.3 Å². The third-order valence-electron chi connectivity index (χ3n) is 4.90. The molecule has 0 radical (unpaired) electrons. The number of fused-ring (bicyclic) bond motifs is 2. The van der Waals surface area contributed by atoms with Crippen LogP contribution in [0.25, 0.3) is 22.4 Å². The molecule has 7 nitrogen and oxygen atoms in total. The van der Waals surface area contributed by atoms with Crippen molar-refractivity contribution in [3.8, 4) is 22.8 Å². The van der Waals surface area contributed by atoms with Gasteiger partial charge in [0.05, 0.1) is 18.7 Å². The molecule has 2 aromatic carbocycles. The highest BCUT2D eigenvalue weighted by atomic mass is 16.5. The molecule has 3 heterocycles. The van der Waals surface area contributed by atoms with Gasteiger partial charge in [0.1, 0.15) is 23.6 Å². The van der Waals surface area contributed by atoms with Crippen molar-refractivity contribution in [2.75, 3.05) is 19.5 Å². The molecule has 5 rings (SSSR count). The van der Waals surface area contributed by atoms with Crippen LogP contribution in [0.2, 0.25) is 0 Å². The van der Waals surface area contributed by atoms with Gasteiger partial charge in [-0.15, -0.1) is 0 Å². The molecule has 1 atom stereocenters. The summed E-state index contributed by atoms with van der Waals surface area (Å²) in [5, 5.41) is 0. The lowest BCUT2D eigenvalue weighted by atomic mass is 9.96. The zero-order chi connectivity index (χ0) is 19.1. The minimum Gasteiger partial charge on any atom is -0.497 e. The highest BCUT2D eigenvalue weighted by Gasteiger charge is 2.26. The highest BCUT2D eigenvalue weighted by molar-refractivity contribution is 5.79. The SMILES string of the molecule is COc1ccc2c(c1)CC(c1nc3cc(-c4ccnc(N)n4)ccc3o1)CO2. The second-order valence-electron chi connectivity index (χ2n) is 6.72. The molecule has 2 aromatic heterocycles. The molecule has 0 saturated heterocycles. The van der Waals surface area contributed by atoms with Crippen LogP contribution in [0.5, 0.6) is 11.5 Å². The second kappa shape index (κ2) is 6.53. The summed E-state index contributed by atoms with van der Waals surface area (Å²) in [6, 6.07) is 13.5. The van der Waals surface area contributed by atoms with Crippen LogP contribution in [-0.2, 0) is 6.42 Å². The Bertz CT molecular complexity index is 1170. The van der Waals surface area contributed by atoms with E-state index in [0.717, 1.165) is 45.8 Å². The zero-order valence-electron chi connectivity index (χ0n) is 15.3. The quantitative estimate of drug-likeness (QED) is 0.585. The Morgan fingerprint density at radius 3 is 2.89 bits per heavy atom. The maximum atomic E-state index is 6.01. The fourth-order valence-electron chi connectivity index (χ4n) is 3.47. The van der Waals surface area contributed by atoms with Gasteiger partial charge in [0.2, 0.25) is 11.8 Å². The number of hydrogen-bond acceptors (Lipinski definition) is 7. The summed E-state index contributed by atoms with van der Waals surface area (Å²) in [6.45, 7) is 0.529. The van der Waals surface area contributed by atoms with Crippen molar-refractivity contribution in [2.24, 2.45) is 0 Å². The Labute approximate surface area is 161 Å². The first-order valence-corrected chi connectivity index (χ1v) is 8.99. The minimum atomic E-state index is 0.0464. The number of ether oxygens (including phenoxy) is 2. The van der Waals surface area contributed by atoms with Crippen LogP contribution >= 0.6 is 0 Å². The van der Waals surface area contributed by atoms with E-state index < -0.39 is 0 Å². The van der Waals surface area contributed by atoms with E-state index in [1.807, 2.05) is 42.5 Å². The molecule has 1 unspecified atom stereocenters. The number of anilines is 1. The highest BCUT2D eigenvalue weighted by Crippen LogP contribution is 2.35. The van der Waals surface area contributed by atoms with E-state index >= 15 is 0 Å². The van der Waals surface area contributed by atoms with Crippen molar-refractivity contribution in [3.63, 3.8) is 0 Å². The molecule has 0 fully saturated rings. The maximum Gasteiger partial charge on any atom is 0.220 e. The fraction of sp³-hybridized carbons (Fsp3) is 0.190. The van der Waals surface area contributed by atoms with Crippen molar-refractivity contribution in [3.05, 3.63) is 60.1 Å². The van der Waals surface area contributed by atoms with Gasteiger partial charge in [-0.25, -0.2) is 15.0 Å². The van der Waals surface area contributed by atoms with Gasteiger partial charge >= 0.3 is 0 Å². The first-order valence-electron chi connectivity index (χ1n) is 8.99. The van der Waals surface area contributed by atoms with E-state index in [0.29, 0.717) is 12.5 Å². The number of nitrogen functional groups attached to an aromatic ring is 1. The number of oxazole rings is 1. The van der Waals surface area contributed by atoms with Crippen molar-refractivity contribution < 1.29 is 13.9 Å². The normalized spacial score (nSPS) is 15.8. The minimum absolute atomic E-state index is 0.0464. The molecule has 7 heteroatoms. The van der Waals surface area contributed by atoms with Crippen molar-refractivity contribution in [1.29, 1.82) is 0 Å². The zero-order valence-corrected chi connectivity index (χ0v) is 15.3. The van der Waals surface area contributed by atoms with Gasteiger partial charge in [-0.05, 0) is 54.4 Å². The van der Waals surface area contributed by atoms with Crippen LogP contribution < -0.4 is 15.2 Å². The molecule has 1 aliphatic rings. The summed E-state index contributed by atoms with van der Waals surface area (Å²) < 4.78 is 17.2. The lowest BCUT2D eigenvalue weighted by Crippen LogP contribution is -2.19. The van der Waals surface area contributed by atoms with Crippen LogP contribution in [0.3, 0.4) is 0 Å². The summed E-state index contributed by atoms with van der Waals surface area (Å²) in [7, 11) is 1.66. The van der Waals surface area contributed by atoms with Gasteiger partial charge in [0, 0.05) is 11.8 Å². The van der Waals surface area contributed by atoms with Gasteiger partial charge in [-0.1, -0.05) is 0 Å². The molecule has 0 saturated carbocycles. The van der Waals surface area contributed by atoms with E-state index in [1.54, 1.807) is 13.3 Å². The van der Waals surface area contributed by atoms with E-state index in [-0.39, 0.29) is 11.9 Å². The smallest absolute Gasteiger partial charge is 0.220 e. The number of benzene rings is 2. The third kappa shape index (κ3) is 2.90. The summed E-state index contributed by atoms with van der Waals surface area (Å²) in [5.74, 6) is 2.66. The van der Waals surface area contributed by atoms with E-state index in [1.165, 1.54) is 0 Å². The average molecular weight is 374 g/mol. The molecule has 4 aromatic rings. The lowest BCUT2D eigenvalue weighted by molar-refractivity contribution is 0.243. The molecular formula is C21H18N4O3. The van der Waals surface area contributed by atoms with E-state index in [9.17, 15) is 0 Å². The first-order chi connectivity index (χ1) is 13.7. The van der Waals surface area contributed by atoms with Crippen LogP contribution in [0.4, 0.5) is 5.95 Å². The van der Waals surface area contributed by atoms with Crippen LogP contribution in [-0.4, -0.2) is 28.7 Å². The van der Waals surface area contributed by atoms with Gasteiger partial charge < -0.3 is 19.6 Å². The summed E-state index contributed by atoms with van der Waals surface area (Å²) >= 11 is 0. The van der Waals surface area contributed by atoms with Crippen LogP contribution in [0.15, 0.2) is 53.1 Å². The Morgan fingerprint density at radius 2 is 2.04 bits per heavy atom. The summed E-state index contributed by atoms with van der Waals surface area (Å²) in [5.41, 5.74) is 9.96. The Hall–Kier alpha value is -3.61. The molecule has 0 bridgehead atoms. The third-order valence-corrected chi connectivity index (χ3v) is 4.90. The standard InChI is InChI=1S/C21H18N4O3/c1-26-15-3-5-18-13(9-15)8-14(11-27-18)20-24-17-10-12(2-4-19(17)28-20)16-6-7-23-21(22)25-16/h2-7,9-10,14H,8,11H2,1H3,(H2,22,23,25). The summed E-state index contributed by atoms with van der Waals surface area (Å²) in [6.07, 6.45) is 2.43. The molecule has 0 aliphatic carbocycles. The van der Waals surface area contributed by atoms with E-state index in [4.69, 9.17) is 24.6 Å². The van der Waals surface area contributed by atoms with Gasteiger partial charge in [0.15, 0.2) is 5.58 Å². The van der Waals surface area contributed by atoms with Crippen molar-refractivity contribution >= 4 is 17.0 Å². The molecule has 1 aliphatic heterocycles. The number of nitrogens with zero attached hydrogens (tertiary/aromatic N) is 3. The number of aromatic nitrogens is 3. The number of rotatable bonds is 3. The topological polar surface area (TPSA) is 96.3 Å². The average Bonchev–Trinajstić information content (AvgIpc) is 3.16. The molecule has 140 valence electrons. The Morgan fingerprint density at radius 1 is 1.11 bits per heavy atom. The Kier molecular flexibility index (Phi) is 3.86. The van der Waals surface area contributed by atoms with Crippen LogP contribution in [0.1, 0.15) is 17.4 Å². The Balaban J connectivity index is 1.47. The van der Waals surface area contributed by atoms with E-state index in [2.05, 4.69) is 9.97 Å². The molecule has 28 heavy (non-hydrogen) atoms. The largest absolute Gasteiger partial charge is 0.497 e. The van der Waals surface area contributed by atoms with Crippen molar-refractivity contribution in [1.82, 2.24) is 15.0 Å². The van der Waals surface area contributed by atoms with Gasteiger partial charge in [-0.2, -0.15) is 0 Å². The van der Waals surface area contributed by atoms with Gasteiger partial charge in [0.25, 0.3) is 0 Å². The number of hydrogen-bond donors (Lipinski definition) is 1. The van der Waals surface area contributed by atoms with Gasteiger partial charge in [-0.3, -0.25) is 0 Å². The number of methoxy groups -OCH3 is 1. The molecule has 0 spiro atoms. The molecular weight excluding hydrogens is 356 g/mol. The molecule has 2 N–H and O–H groups in total. The lowest BCUT2D eigenvalue weighted by Gasteiger charge is -2.23. The fourth-order valence-corrected chi connectivity index (χ4v) is 3.47. The van der Waals surface area contributed by atoms with Crippen LogP contribution in [0, 0.1) is 0 Å². The maximum absolute atomic E-state index is 6.01. The molecule has 0 amide bonds. The predicted octanol–water partition coefficient (Wildman–Crippen LogP) is 3.59. The number of nitrogens with two attached hydrogens (primary N) is 1. The summed E-state index contributed by atoms with van der Waals surface area (Å²) in [4.78, 5) is 12.9. The predicted molar refractivity (Wildman–Crippen MR) is 104 cm³/mol.